The van der Waals surface area contributed by atoms with Gasteiger partial charge in [0.05, 0.1) is 10.5 Å². The highest BCUT2D eigenvalue weighted by molar-refractivity contribution is 9.10. The second-order valence-electron chi connectivity index (χ2n) is 6.89. The van der Waals surface area contributed by atoms with E-state index in [1.807, 2.05) is 0 Å². The zero-order chi connectivity index (χ0) is 23.0. The van der Waals surface area contributed by atoms with E-state index in [4.69, 9.17) is 9.84 Å². The van der Waals surface area contributed by atoms with Gasteiger partial charge in [-0.1, -0.05) is 31.9 Å². The van der Waals surface area contributed by atoms with Crippen LogP contribution >= 0.6 is 31.9 Å². The third-order valence-corrected chi connectivity index (χ3v) is 7.03. The summed E-state index contributed by atoms with van der Waals surface area (Å²) >= 11 is 6.24. The maximum absolute atomic E-state index is 13.1. The number of ether oxygens (including phenoxy) is 1. The Labute approximate surface area is 193 Å². The lowest BCUT2D eigenvalue weighted by atomic mass is 9.87. The number of rotatable bonds is 6. The van der Waals surface area contributed by atoms with Gasteiger partial charge in [0.2, 0.25) is 10.0 Å². The number of nitrogens with one attached hydrogen (secondary N) is 1. The van der Waals surface area contributed by atoms with Crippen molar-refractivity contribution in [2.75, 3.05) is 6.61 Å². The van der Waals surface area contributed by atoms with Gasteiger partial charge in [-0.2, -0.15) is 13.2 Å². The van der Waals surface area contributed by atoms with Crippen molar-refractivity contribution < 1.29 is 36.2 Å². The van der Waals surface area contributed by atoms with Gasteiger partial charge in [0.25, 0.3) is 0 Å². The molecule has 31 heavy (non-hydrogen) atoms. The molecule has 2 aromatic carbocycles. The molecular formula is C19H16Br2F3NO5S. The summed E-state index contributed by atoms with van der Waals surface area (Å²) in [5.41, 5.74) is 0.155. The van der Waals surface area contributed by atoms with E-state index < -0.39 is 45.3 Å². The average Bonchev–Trinajstić information content (AvgIpc) is 2.65. The summed E-state index contributed by atoms with van der Waals surface area (Å²) in [5, 5.41) is 8.87. The highest BCUT2D eigenvalue weighted by Crippen LogP contribution is 2.39. The predicted molar refractivity (Wildman–Crippen MR) is 112 cm³/mol. The van der Waals surface area contributed by atoms with Gasteiger partial charge in [-0.25, -0.2) is 17.9 Å². The largest absolute Gasteiger partial charge is 0.482 e. The molecule has 6 nitrogen and oxygen atoms in total. The van der Waals surface area contributed by atoms with E-state index in [0.29, 0.717) is 46.7 Å². The van der Waals surface area contributed by atoms with Crippen molar-refractivity contribution in [2.45, 2.75) is 36.4 Å². The molecule has 0 bridgehead atoms. The molecule has 0 unspecified atom stereocenters. The number of benzene rings is 2. The highest BCUT2D eigenvalue weighted by Gasteiger charge is 2.34. The first kappa shape index (κ1) is 24.0. The van der Waals surface area contributed by atoms with Crippen LogP contribution in [0.4, 0.5) is 13.2 Å². The summed E-state index contributed by atoms with van der Waals surface area (Å²) < 4.78 is 73.5. The second-order valence-corrected chi connectivity index (χ2v) is 10.4. The van der Waals surface area contributed by atoms with Gasteiger partial charge >= 0.3 is 12.1 Å². The monoisotopic (exact) mass is 585 g/mol. The van der Waals surface area contributed by atoms with Gasteiger partial charge in [-0.3, -0.25) is 0 Å². The molecule has 0 radical (unpaired) electrons. The van der Waals surface area contributed by atoms with Gasteiger partial charge in [0, 0.05) is 15.0 Å². The number of sulfonamides is 1. The number of carboxylic acids is 1. The van der Waals surface area contributed by atoms with Gasteiger partial charge in [0.1, 0.15) is 5.75 Å². The molecule has 0 fully saturated rings. The molecule has 2 aromatic rings. The van der Waals surface area contributed by atoms with Crippen LogP contribution in [-0.2, 0) is 27.4 Å². The Morgan fingerprint density at radius 1 is 1.16 bits per heavy atom. The molecule has 168 valence electrons. The van der Waals surface area contributed by atoms with Gasteiger partial charge in [0.15, 0.2) is 6.61 Å². The number of hydrogen-bond donors (Lipinski definition) is 2. The van der Waals surface area contributed by atoms with Crippen molar-refractivity contribution in [1.82, 2.24) is 4.72 Å². The van der Waals surface area contributed by atoms with Crippen molar-refractivity contribution in [1.29, 1.82) is 0 Å². The molecule has 3 rings (SSSR count). The number of hydrogen-bond acceptors (Lipinski definition) is 4. The molecule has 0 heterocycles. The first-order valence-electron chi connectivity index (χ1n) is 8.94. The van der Waals surface area contributed by atoms with Crippen LogP contribution in [-0.4, -0.2) is 26.1 Å². The smallest absolute Gasteiger partial charge is 0.416 e. The molecule has 0 aromatic heterocycles. The fraction of sp³-hybridized carbons (Fsp3) is 0.316. The van der Waals surface area contributed by atoms with Crippen molar-refractivity contribution in [3.63, 3.8) is 0 Å². The van der Waals surface area contributed by atoms with Crippen LogP contribution in [0.1, 0.15) is 35.6 Å². The lowest BCUT2D eigenvalue weighted by Gasteiger charge is -2.28. The molecule has 0 saturated heterocycles. The molecule has 12 heteroatoms. The first-order chi connectivity index (χ1) is 14.4. The summed E-state index contributed by atoms with van der Waals surface area (Å²) in [4.78, 5) is 10.3. The van der Waals surface area contributed by atoms with Gasteiger partial charge in [-0.15, -0.1) is 0 Å². The summed E-state index contributed by atoms with van der Waals surface area (Å²) in [5.74, 6) is -0.839. The van der Waals surface area contributed by atoms with E-state index in [0.717, 1.165) is 12.1 Å². The number of carbonyl (C=O) groups is 1. The fourth-order valence-corrected chi connectivity index (χ4v) is 5.80. The minimum atomic E-state index is -4.70. The van der Waals surface area contributed by atoms with Crippen LogP contribution in [0.5, 0.6) is 5.75 Å². The maximum atomic E-state index is 13.1. The summed E-state index contributed by atoms with van der Waals surface area (Å²) in [6, 6.07) is 5.06. The van der Waals surface area contributed by atoms with Crippen LogP contribution < -0.4 is 9.46 Å². The van der Waals surface area contributed by atoms with E-state index in [1.165, 1.54) is 0 Å². The van der Waals surface area contributed by atoms with E-state index in [1.54, 1.807) is 12.1 Å². The summed E-state index contributed by atoms with van der Waals surface area (Å²) in [7, 11) is -4.29. The van der Waals surface area contributed by atoms with Crippen molar-refractivity contribution in [3.8, 4) is 5.75 Å². The van der Waals surface area contributed by atoms with Crippen molar-refractivity contribution >= 4 is 47.9 Å². The topological polar surface area (TPSA) is 92.7 Å². The zero-order valence-electron chi connectivity index (χ0n) is 15.7. The number of alkyl halides is 3. The van der Waals surface area contributed by atoms with E-state index in [9.17, 15) is 26.4 Å². The summed E-state index contributed by atoms with van der Waals surface area (Å²) in [6.07, 6.45) is -3.16. The van der Waals surface area contributed by atoms with Gasteiger partial charge < -0.3 is 9.84 Å². The third-order valence-electron chi connectivity index (χ3n) is 4.66. The molecule has 1 aliphatic rings. The molecular weight excluding hydrogens is 571 g/mol. The zero-order valence-corrected chi connectivity index (χ0v) is 19.7. The molecule has 0 amide bonds. The molecule has 2 N–H and O–H groups in total. The Hall–Kier alpha value is -1.63. The van der Waals surface area contributed by atoms with Crippen LogP contribution in [0.15, 0.2) is 44.2 Å². The van der Waals surface area contributed by atoms with E-state index in [-0.39, 0.29) is 4.47 Å². The van der Waals surface area contributed by atoms with Crippen LogP contribution in [0.2, 0.25) is 0 Å². The Bertz CT molecular complexity index is 1120. The van der Waals surface area contributed by atoms with E-state index >= 15 is 0 Å². The third kappa shape index (κ3) is 5.79. The molecule has 0 saturated carbocycles. The van der Waals surface area contributed by atoms with Crippen LogP contribution in [0.25, 0.3) is 0 Å². The Balaban J connectivity index is 1.96. The predicted octanol–water partition coefficient (Wildman–Crippen LogP) is 5.05. The van der Waals surface area contributed by atoms with Crippen molar-refractivity contribution in [2.24, 2.45) is 0 Å². The van der Waals surface area contributed by atoms with Gasteiger partial charge in [-0.05, 0) is 60.7 Å². The number of carboxylic acid groups (broad SMARTS) is 1. The quantitative estimate of drug-likeness (QED) is 0.494. The standard InChI is InChI=1S/C19H16Br2F3NO5S/c20-11-4-10(19(22,23)24)5-13(6-11)31(28,29)25-16-3-1-2-14-15(16)7-12(21)8-17(14)30-9-18(26)27/h4-8,16,25H,1-3,9H2,(H,26,27)/t16-/m1/s1. The van der Waals surface area contributed by atoms with Crippen LogP contribution in [0.3, 0.4) is 0 Å². The Morgan fingerprint density at radius 3 is 2.48 bits per heavy atom. The number of aliphatic carboxylic acids is 1. The molecule has 1 atom stereocenters. The molecule has 0 spiro atoms. The number of fused-ring (bicyclic) bond motifs is 1. The van der Waals surface area contributed by atoms with Crippen molar-refractivity contribution in [3.05, 3.63) is 56.0 Å². The maximum Gasteiger partial charge on any atom is 0.416 e. The molecule has 0 aliphatic heterocycles. The molecule has 1 aliphatic carbocycles. The normalized spacial score (nSPS) is 16.6. The summed E-state index contributed by atoms with van der Waals surface area (Å²) in [6.45, 7) is -0.558. The lowest BCUT2D eigenvalue weighted by Crippen LogP contribution is -2.31. The minimum Gasteiger partial charge on any atom is -0.482 e. The van der Waals surface area contributed by atoms with Crippen LogP contribution in [0, 0.1) is 0 Å². The Kier molecular flexibility index (Phi) is 7.04. The Morgan fingerprint density at radius 2 is 1.84 bits per heavy atom. The second kappa shape index (κ2) is 9.08. The number of halogens is 5. The van der Waals surface area contributed by atoms with E-state index in [2.05, 4.69) is 36.6 Å². The lowest BCUT2D eigenvalue weighted by molar-refractivity contribution is -0.139. The average molecular weight is 587 g/mol. The minimum absolute atomic E-state index is 0.0150. The SMILES string of the molecule is O=C(O)COc1cc(Br)cc2c1CCC[C@H]2NS(=O)(=O)c1cc(Br)cc(C(F)(F)F)c1. The fourth-order valence-electron chi connectivity index (χ4n) is 3.38. The first-order valence-corrected chi connectivity index (χ1v) is 12.0. The highest BCUT2D eigenvalue weighted by atomic mass is 79.9.